The van der Waals surface area contributed by atoms with Crippen molar-refractivity contribution in [3.8, 4) is 0 Å². The number of nitrogens with one attached hydrogen (secondary N) is 2. The Morgan fingerprint density at radius 3 is 2.93 bits per heavy atom. The molecule has 1 aromatic heterocycles. The summed E-state index contributed by atoms with van der Waals surface area (Å²) in [4.78, 5) is 27.6. The lowest BCUT2D eigenvalue weighted by atomic mass is 9.97. The molecule has 1 aromatic carbocycles. The van der Waals surface area contributed by atoms with Crippen molar-refractivity contribution in [1.29, 1.82) is 0 Å². The Balaban J connectivity index is 1.83. The number of anilines is 2. The second-order valence-electron chi connectivity index (χ2n) is 6.99. The number of aromatic nitrogens is 2. The number of hydrogen-bond donors (Lipinski definition) is 2. The average molecular weight is 385 g/mol. The van der Waals surface area contributed by atoms with Gasteiger partial charge in [-0.3, -0.25) is 14.8 Å². The zero-order chi connectivity index (χ0) is 20.1. The molecule has 0 radical (unpaired) electrons. The number of benzene rings is 1. The Morgan fingerprint density at radius 1 is 1.39 bits per heavy atom. The number of amides is 3. The van der Waals surface area contributed by atoms with Crippen molar-refractivity contribution >= 4 is 23.4 Å². The summed E-state index contributed by atoms with van der Waals surface area (Å²) in [6.45, 7) is 5.49. The van der Waals surface area contributed by atoms with Gasteiger partial charge in [0, 0.05) is 25.1 Å². The van der Waals surface area contributed by atoms with Crippen molar-refractivity contribution in [2.24, 2.45) is 5.92 Å². The number of carbonyl (C=O) groups is 2. The summed E-state index contributed by atoms with van der Waals surface area (Å²) >= 11 is 0. The number of carbonyl (C=O) groups excluding carboxylic acids is 2. The summed E-state index contributed by atoms with van der Waals surface area (Å²) in [5, 5.41) is 10.1. The maximum absolute atomic E-state index is 13.1. The van der Waals surface area contributed by atoms with Gasteiger partial charge in [0.05, 0.1) is 19.7 Å². The molecule has 1 aliphatic rings. The molecular formula is C20H27N5O3. The van der Waals surface area contributed by atoms with E-state index in [1.54, 1.807) is 29.0 Å². The van der Waals surface area contributed by atoms with Gasteiger partial charge < -0.3 is 15.0 Å². The second-order valence-corrected chi connectivity index (χ2v) is 6.99. The molecule has 2 unspecified atom stereocenters. The van der Waals surface area contributed by atoms with E-state index in [2.05, 4.69) is 15.7 Å². The van der Waals surface area contributed by atoms with Crippen LogP contribution in [0.15, 0.2) is 36.5 Å². The van der Waals surface area contributed by atoms with Gasteiger partial charge in [-0.15, -0.1) is 0 Å². The maximum Gasteiger partial charge on any atom is 0.324 e. The molecule has 0 aliphatic carbocycles. The average Bonchev–Trinajstić information content (AvgIpc) is 3.07. The summed E-state index contributed by atoms with van der Waals surface area (Å²) in [5.74, 6) is 0.293. The third kappa shape index (κ3) is 4.33. The van der Waals surface area contributed by atoms with Gasteiger partial charge in [0.2, 0.25) is 5.91 Å². The first-order valence-corrected chi connectivity index (χ1v) is 9.52. The molecule has 28 heavy (non-hydrogen) atoms. The molecule has 0 saturated heterocycles. The summed E-state index contributed by atoms with van der Waals surface area (Å²) in [6.07, 6.45) is 2.56. The number of nitrogens with zero attached hydrogens (tertiary/aromatic N) is 3. The number of ether oxygens (including phenoxy) is 1. The maximum atomic E-state index is 13.1. The second kappa shape index (κ2) is 8.88. The van der Waals surface area contributed by atoms with Crippen LogP contribution in [0.3, 0.4) is 0 Å². The highest BCUT2D eigenvalue weighted by Gasteiger charge is 2.36. The van der Waals surface area contributed by atoms with Crippen LogP contribution < -0.4 is 10.6 Å². The molecule has 8 nitrogen and oxygen atoms in total. The van der Waals surface area contributed by atoms with E-state index in [0.717, 1.165) is 17.7 Å². The van der Waals surface area contributed by atoms with Crippen LogP contribution in [0.5, 0.6) is 0 Å². The van der Waals surface area contributed by atoms with E-state index in [4.69, 9.17) is 4.74 Å². The first-order valence-electron chi connectivity index (χ1n) is 9.52. The van der Waals surface area contributed by atoms with E-state index < -0.39 is 6.04 Å². The number of urea groups is 1. The quantitative estimate of drug-likeness (QED) is 0.800. The molecule has 150 valence electrons. The van der Waals surface area contributed by atoms with Gasteiger partial charge in [0.15, 0.2) is 5.82 Å². The molecule has 2 atom stereocenters. The molecule has 1 aliphatic heterocycles. The van der Waals surface area contributed by atoms with Crippen molar-refractivity contribution in [1.82, 2.24) is 14.7 Å². The molecule has 2 N–H and O–H groups in total. The van der Waals surface area contributed by atoms with Crippen molar-refractivity contribution in [3.63, 3.8) is 0 Å². The van der Waals surface area contributed by atoms with E-state index in [-0.39, 0.29) is 17.9 Å². The predicted octanol–water partition coefficient (Wildman–Crippen LogP) is 2.93. The van der Waals surface area contributed by atoms with E-state index in [0.29, 0.717) is 25.5 Å². The van der Waals surface area contributed by atoms with Gasteiger partial charge >= 0.3 is 6.03 Å². The molecule has 0 fully saturated rings. The number of fused-ring (bicyclic) bond motifs is 1. The normalized spacial score (nSPS) is 17.5. The van der Waals surface area contributed by atoms with Crippen molar-refractivity contribution in [3.05, 3.63) is 42.1 Å². The number of methoxy groups -OCH3 is 1. The molecule has 8 heteroatoms. The molecule has 0 bridgehead atoms. The Hall–Kier alpha value is -2.87. The highest BCUT2D eigenvalue weighted by atomic mass is 16.5. The van der Waals surface area contributed by atoms with Crippen LogP contribution in [-0.2, 0) is 22.6 Å². The first kappa shape index (κ1) is 19.9. The monoisotopic (exact) mass is 385 g/mol. The molecular weight excluding hydrogens is 358 g/mol. The molecule has 2 aromatic rings. The molecule has 3 amide bonds. The van der Waals surface area contributed by atoms with E-state index in [9.17, 15) is 9.59 Å². The van der Waals surface area contributed by atoms with Crippen molar-refractivity contribution in [2.75, 3.05) is 24.4 Å². The van der Waals surface area contributed by atoms with E-state index in [1.165, 1.54) is 0 Å². The lowest BCUT2D eigenvalue weighted by molar-refractivity contribution is -0.121. The topological polar surface area (TPSA) is 88.5 Å². The molecule has 0 spiro atoms. The highest BCUT2D eigenvalue weighted by Crippen LogP contribution is 2.27. The summed E-state index contributed by atoms with van der Waals surface area (Å²) < 4.78 is 6.75. The third-order valence-corrected chi connectivity index (χ3v) is 5.06. The predicted molar refractivity (Wildman–Crippen MR) is 107 cm³/mol. The SMILES string of the molecule is CCC(C)C1C(=O)Nc2ccccc2CN1C(=O)Nc1ccn(CCOC)n1. The van der Waals surface area contributed by atoms with Crippen LogP contribution in [0.2, 0.25) is 0 Å². The van der Waals surface area contributed by atoms with Gasteiger partial charge in [-0.05, 0) is 17.5 Å². The van der Waals surface area contributed by atoms with Crippen molar-refractivity contribution in [2.45, 2.75) is 39.4 Å². The summed E-state index contributed by atoms with van der Waals surface area (Å²) in [6, 6.07) is 8.40. The van der Waals surface area contributed by atoms with Gasteiger partial charge in [-0.2, -0.15) is 5.10 Å². The number of hydrogen-bond acceptors (Lipinski definition) is 4. The highest BCUT2D eigenvalue weighted by molar-refractivity contribution is 6.00. The minimum absolute atomic E-state index is 0.0133. The van der Waals surface area contributed by atoms with Crippen LogP contribution in [0, 0.1) is 5.92 Å². The lowest BCUT2D eigenvalue weighted by Gasteiger charge is -2.32. The minimum atomic E-state index is -0.562. The summed E-state index contributed by atoms with van der Waals surface area (Å²) in [7, 11) is 1.63. The Bertz CT molecular complexity index is 835. The van der Waals surface area contributed by atoms with Gasteiger partial charge in [0.1, 0.15) is 6.04 Å². The van der Waals surface area contributed by atoms with Crippen molar-refractivity contribution < 1.29 is 14.3 Å². The summed E-state index contributed by atoms with van der Waals surface area (Å²) in [5.41, 5.74) is 1.65. The Morgan fingerprint density at radius 2 is 2.18 bits per heavy atom. The van der Waals surface area contributed by atoms with E-state index >= 15 is 0 Å². The van der Waals surface area contributed by atoms with Crippen LogP contribution in [0.4, 0.5) is 16.3 Å². The zero-order valence-electron chi connectivity index (χ0n) is 16.5. The fourth-order valence-corrected chi connectivity index (χ4v) is 3.32. The standard InChI is InChI=1S/C20H27N5O3/c1-4-14(2)18-19(26)21-16-8-6-5-7-15(16)13-25(18)20(27)22-17-9-10-24(23-17)11-12-28-3/h5-10,14,18H,4,11-13H2,1-3H3,(H,21,26)(H,22,23,27). The fourth-order valence-electron chi connectivity index (χ4n) is 3.32. The Labute approximate surface area is 164 Å². The zero-order valence-corrected chi connectivity index (χ0v) is 16.5. The van der Waals surface area contributed by atoms with Crippen LogP contribution in [0.25, 0.3) is 0 Å². The number of rotatable bonds is 6. The number of para-hydroxylation sites is 1. The van der Waals surface area contributed by atoms with E-state index in [1.807, 2.05) is 38.1 Å². The van der Waals surface area contributed by atoms with Crippen LogP contribution in [0.1, 0.15) is 25.8 Å². The molecule has 3 rings (SSSR count). The first-order chi connectivity index (χ1) is 13.5. The Kier molecular flexibility index (Phi) is 6.30. The fraction of sp³-hybridized carbons (Fsp3) is 0.450. The minimum Gasteiger partial charge on any atom is -0.383 e. The molecule has 0 saturated carbocycles. The van der Waals surface area contributed by atoms with Crippen LogP contribution >= 0.6 is 0 Å². The van der Waals surface area contributed by atoms with Crippen LogP contribution in [-0.4, -0.2) is 46.4 Å². The van der Waals surface area contributed by atoms with Gasteiger partial charge in [0.25, 0.3) is 0 Å². The lowest BCUT2D eigenvalue weighted by Crippen LogP contribution is -2.50. The van der Waals surface area contributed by atoms with Gasteiger partial charge in [-0.1, -0.05) is 38.5 Å². The molecule has 2 heterocycles. The largest absolute Gasteiger partial charge is 0.383 e. The van der Waals surface area contributed by atoms with Gasteiger partial charge in [-0.25, -0.2) is 4.79 Å². The smallest absolute Gasteiger partial charge is 0.324 e. The third-order valence-electron chi connectivity index (χ3n) is 5.06.